The van der Waals surface area contributed by atoms with Gasteiger partial charge in [0.2, 0.25) is 0 Å². The van der Waals surface area contributed by atoms with E-state index >= 15 is 0 Å². The Hall–Kier alpha value is -0.570. The standard InChI is InChI=1S/C12H17ClN2/c13-12-3-2-10-4-7-15(6-1-5-14)9-11(10)8-12/h2-3,8H,1,4-7,9,14H2. The molecule has 0 aromatic heterocycles. The van der Waals surface area contributed by atoms with Crippen LogP contribution < -0.4 is 5.73 Å². The molecular formula is C12H17ClN2. The molecule has 1 aromatic rings. The average Bonchev–Trinajstić information content (AvgIpc) is 2.25. The van der Waals surface area contributed by atoms with Crippen molar-refractivity contribution in [2.75, 3.05) is 19.6 Å². The Balaban J connectivity index is 2.05. The lowest BCUT2D eigenvalue weighted by Crippen LogP contribution is -2.32. The molecule has 0 saturated heterocycles. The molecule has 2 nitrogen and oxygen atoms in total. The highest BCUT2D eigenvalue weighted by Gasteiger charge is 2.15. The average molecular weight is 225 g/mol. The molecule has 0 bridgehead atoms. The normalized spacial score (nSPS) is 16.4. The van der Waals surface area contributed by atoms with Crippen LogP contribution in [0.2, 0.25) is 5.02 Å². The first-order valence-corrected chi connectivity index (χ1v) is 5.87. The number of hydrogen-bond donors (Lipinski definition) is 1. The van der Waals surface area contributed by atoms with Crippen molar-refractivity contribution in [3.8, 4) is 0 Å². The van der Waals surface area contributed by atoms with Gasteiger partial charge in [0.05, 0.1) is 0 Å². The van der Waals surface area contributed by atoms with Crippen LogP contribution in [0.1, 0.15) is 17.5 Å². The summed E-state index contributed by atoms with van der Waals surface area (Å²) in [5, 5.41) is 0.842. The Bertz CT molecular complexity index is 338. The van der Waals surface area contributed by atoms with Crippen molar-refractivity contribution in [2.24, 2.45) is 5.73 Å². The van der Waals surface area contributed by atoms with E-state index in [4.69, 9.17) is 17.3 Å². The molecule has 0 fully saturated rings. The molecule has 0 aliphatic carbocycles. The molecule has 0 atom stereocenters. The molecule has 0 amide bonds. The minimum absolute atomic E-state index is 0.777. The van der Waals surface area contributed by atoms with E-state index in [-0.39, 0.29) is 0 Å². The van der Waals surface area contributed by atoms with Crippen LogP contribution in [0.5, 0.6) is 0 Å². The van der Waals surface area contributed by atoms with Crippen molar-refractivity contribution in [3.05, 3.63) is 34.3 Å². The minimum Gasteiger partial charge on any atom is -0.330 e. The first-order valence-electron chi connectivity index (χ1n) is 5.49. The smallest absolute Gasteiger partial charge is 0.0409 e. The first-order chi connectivity index (χ1) is 7.29. The Kier molecular flexibility index (Phi) is 3.62. The maximum Gasteiger partial charge on any atom is 0.0409 e. The van der Waals surface area contributed by atoms with E-state index in [1.165, 1.54) is 11.1 Å². The van der Waals surface area contributed by atoms with E-state index in [0.717, 1.165) is 44.0 Å². The zero-order valence-corrected chi connectivity index (χ0v) is 9.63. The number of benzene rings is 1. The van der Waals surface area contributed by atoms with Crippen LogP contribution in [0.25, 0.3) is 0 Å². The molecule has 0 spiro atoms. The maximum absolute atomic E-state index is 5.99. The minimum atomic E-state index is 0.777. The van der Waals surface area contributed by atoms with Crippen molar-refractivity contribution >= 4 is 11.6 Å². The summed E-state index contributed by atoms with van der Waals surface area (Å²) in [6, 6.07) is 6.22. The van der Waals surface area contributed by atoms with Gasteiger partial charge in [0.25, 0.3) is 0 Å². The van der Waals surface area contributed by atoms with Crippen LogP contribution in [0, 0.1) is 0 Å². The monoisotopic (exact) mass is 224 g/mol. The highest BCUT2D eigenvalue weighted by Crippen LogP contribution is 2.22. The molecule has 3 heteroatoms. The van der Waals surface area contributed by atoms with Gasteiger partial charge in [-0.3, -0.25) is 4.90 Å². The van der Waals surface area contributed by atoms with Crippen molar-refractivity contribution in [2.45, 2.75) is 19.4 Å². The van der Waals surface area contributed by atoms with Crippen molar-refractivity contribution in [3.63, 3.8) is 0 Å². The lowest BCUT2D eigenvalue weighted by atomic mass is 10.00. The lowest BCUT2D eigenvalue weighted by Gasteiger charge is -2.28. The van der Waals surface area contributed by atoms with Gasteiger partial charge in [-0.15, -0.1) is 0 Å². The fourth-order valence-corrected chi connectivity index (χ4v) is 2.28. The van der Waals surface area contributed by atoms with Crippen LogP contribution in [-0.4, -0.2) is 24.5 Å². The fraction of sp³-hybridized carbons (Fsp3) is 0.500. The predicted octanol–water partition coefficient (Wildman–Crippen LogP) is 2.05. The van der Waals surface area contributed by atoms with E-state index in [9.17, 15) is 0 Å². The van der Waals surface area contributed by atoms with Gasteiger partial charge in [-0.1, -0.05) is 17.7 Å². The third-order valence-electron chi connectivity index (χ3n) is 2.94. The van der Waals surface area contributed by atoms with Crippen molar-refractivity contribution < 1.29 is 0 Å². The summed E-state index contributed by atoms with van der Waals surface area (Å²) >= 11 is 5.99. The largest absolute Gasteiger partial charge is 0.330 e. The second-order valence-corrected chi connectivity index (χ2v) is 4.52. The third kappa shape index (κ3) is 2.71. The topological polar surface area (TPSA) is 29.3 Å². The molecule has 2 rings (SSSR count). The van der Waals surface area contributed by atoms with Gasteiger partial charge in [-0.05, 0) is 49.2 Å². The number of nitrogens with two attached hydrogens (primary N) is 1. The van der Waals surface area contributed by atoms with Gasteiger partial charge in [0.15, 0.2) is 0 Å². The van der Waals surface area contributed by atoms with Crippen LogP contribution in [-0.2, 0) is 13.0 Å². The summed E-state index contributed by atoms with van der Waals surface area (Å²) in [5.41, 5.74) is 8.34. The molecule has 1 aliphatic rings. The van der Waals surface area contributed by atoms with Crippen LogP contribution in [0.15, 0.2) is 18.2 Å². The second-order valence-electron chi connectivity index (χ2n) is 4.08. The molecule has 1 heterocycles. The van der Waals surface area contributed by atoms with Crippen LogP contribution in [0.4, 0.5) is 0 Å². The molecule has 0 radical (unpaired) electrons. The molecule has 2 N–H and O–H groups in total. The Morgan fingerprint density at radius 1 is 1.33 bits per heavy atom. The molecule has 1 aromatic carbocycles. The first kappa shape index (κ1) is 10.9. The molecule has 1 aliphatic heterocycles. The fourth-order valence-electron chi connectivity index (χ4n) is 2.09. The van der Waals surface area contributed by atoms with Gasteiger partial charge in [-0.25, -0.2) is 0 Å². The number of nitrogens with zero attached hydrogens (tertiary/aromatic N) is 1. The predicted molar refractivity (Wildman–Crippen MR) is 64.1 cm³/mol. The molecule has 15 heavy (non-hydrogen) atoms. The van der Waals surface area contributed by atoms with E-state index in [0.29, 0.717) is 0 Å². The summed E-state index contributed by atoms with van der Waals surface area (Å²) in [5.74, 6) is 0. The Morgan fingerprint density at radius 2 is 2.20 bits per heavy atom. The van der Waals surface area contributed by atoms with E-state index in [2.05, 4.69) is 17.0 Å². The number of halogens is 1. The highest BCUT2D eigenvalue weighted by molar-refractivity contribution is 6.30. The van der Waals surface area contributed by atoms with Gasteiger partial charge in [0, 0.05) is 18.1 Å². The molecule has 82 valence electrons. The van der Waals surface area contributed by atoms with Crippen LogP contribution >= 0.6 is 11.6 Å². The Labute approximate surface area is 96.0 Å². The SMILES string of the molecule is NCCCN1CCc2ccc(Cl)cc2C1. The number of rotatable bonds is 3. The number of fused-ring (bicyclic) bond motifs is 1. The maximum atomic E-state index is 5.99. The Morgan fingerprint density at radius 3 is 3.00 bits per heavy atom. The van der Waals surface area contributed by atoms with Gasteiger partial charge < -0.3 is 5.73 Å². The molecular weight excluding hydrogens is 208 g/mol. The zero-order valence-electron chi connectivity index (χ0n) is 8.88. The van der Waals surface area contributed by atoms with Gasteiger partial charge >= 0.3 is 0 Å². The number of hydrogen-bond acceptors (Lipinski definition) is 2. The highest BCUT2D eigenvalue weighted by atomic mass is 35.5. The van der Waals surface area contributed by atoms with Crippen LogP contribution in [0.3, 0.4) is 0 Å². The summed E-state index contributed by atoms with van der Waals surface area (Å²) in [6.45, 7) is 4.05. The van der Waals surface area contributed by atoms with Crippen molar-refractivity contribution in [1.82, 2.24) is 4.90 Å². The summed E-state index contributed by atoms with van der Waals surface area (Å²) < 4.78 is 0. The molecule has 0 saturated carbocycles. The summed E-state index contributed by atoms with van der Waals surface area (Å²) in [6.07, 6.45) is 2.22. The van der Waals surface area contributed by atoms with Gasteiger partial charge in [-0.2, -0.15) is 0 Å². The molecule has 0 unspecified atom stereocenters. The third-order valence-corrected chi connectivity index (χ3v) is 3.17. The quantitative estimate of drug-likeness (QED) is 0.852. The lowest BCUT2D eigenvalue weighted by molar-refractivity contribution is 0.252. The van der Waals surface area contributed by atoms with Crippen molar-refractivity contribution in [1.29, 1.82) is 0 Å². The summed E-state index contributed by atoms with van der Waals surface area (Å²) in [7, 11) is 0. The van der Waals surface area contributed by atoms with Gasteiger partial charge in [0.1, 0.15) is 0 Å². The van der Waals surface area contributed by atoms with E-state index in [1.54, 1.807) is 0 Å². The summed E-state index contributed by atoms with van der Waals surface area (Å²) in [4.78, 5) is 2.45. The van der Waals surface area contributed by atoms with E-state index in [1.807, 2.05) is 6.07 Å². The second kappa shape index (κ2) is 4.97. The van der Waals surface area contributed by atoms with E-state index < -0.39 is 0 Å². The zero-order chi connectivity index (χ0) is 10.7.